The van der Waals surface area contributed by atoms with Gasteiger partial charge in [0, 0.05) is 5.75 Å². The Hall–Kier alpha value is -2.38. The van der Waals surface area contributed by atoms with E-state index in [0.29, 0.717) is 5.13 Å². The van der Waals surface area contributed by atoms with Crippen LogP contribution in [0, 0.1) is 0 Å². The number of nitrogens with one attached hydrogen (secondary N) is 1. The second kappa shape index (κ2) is 9.21. The molecule has 1 N–H and O–H groups in total. The highest BCUT2D eigenvalue weighted by atomic mass is 32.2. The Labute approximate surface area is 172 Å². The summed E-state index contributed by atoms with van der Waals surface area (Å²) in [4.78, 5) is 12.2. The van der Waals surface area contributed by atoms with Crippen LogP contribution in [0.4, 0.5) is 5.13 Å². The highest BCUT2D eigenvalue weighted by Gasteiger charge is 2.12. The second-order valence-electron chi connectivity index (χ2n) is 6.62. The Morgan fingerprint density at radius 1 is 1.07 bits per heavy atom. The number of amides is 1. The number of carbonyl (C=O) groups is 1. The van der Waals surface area contributed by atoms with Gasteiger partial charge in [0.2, 0.25) is 5.13 Å². The van der Waals surface area contributed by atoms with Crippen LogP contribution in [0.5, 0.6) is 5.75 Å². The van der Waals surface area contributed by atoms with E-state index in [1.807, 2.05) is 24.3 Å². The van der Waals surface area contributed by atoms with Crippen molar-refractivity contribution in [3.05, 3.63) is 65.2 Å². The largest absolute Gasteiger partial charge is 0.484 e. The number of hydrogen-bond donors (Lipinski definition) is 1. The zero-order valence-corrected chi connectivity index (χ0v) is 17.0. The highest BCUT2D eigenvalue weighted by Crippen LogP contribution is 2.28. The minimum absolute atomic E-state index is 0.0368. The van der Waals surface area contributed by atoms with Crippen molar-refractivity contribution in [3.8, 4) is 5.75 Å². The monoisotopic (exact) mass is 411 g/mol. The molecule has 0 radical (unpaired) electrons. The smallest absolute Gasteiger partial charge is 0.264 e. The van der Waals surface area contributed by atoms with Gasteiger partial charge in [-0.05, 0) is 54.5 Å². The predicted molar refractivity (Wildman–Crippen MR) is 113 cm³/mol. The number of thioether (sulfide) groups is 1. The van der Waals surface area contributed by atoms with Gasteiger partial charge in [-0.2, -0.15) is 0 Å². The Morgan fingerprint density at radius 2 is 1.89 bits per heavy atom. The van der Waals surface area contributed by atoms with E-state index in [1.54, 1.807) is 11.8 Å². The lowest BCUT2D eigenvalue weighted by Crippen LogP contribution is -2.20. The van der Waals surface area contributed by atoms with Crippen LogP contribution in [0.15, 0.2) is 52.9 Å². The van der Waals surface area contributed by atoms with Crippen LogP contribution in [0.1, 0.15) is 29.5 Å². The predicted octanol–water partition coefficient (Wildman–Crippen LogP) is 4.73. The number of nitrogens with zero attached hydrogens (tertiary/aromatic N) is 2. The van der Waals surface area contributed by atoms with Gasteiger partial charge in [0.15, 0.2) is 10.9 Å². The van der Waals surface area contributed by atoms with Crippen LogP contribution in [-0.2, 0) is 23.4 Å². The standard InChI is InChI=1S/C21H21N3O2S2/c25-19(13-26-18-11-10-16-8-4-5-9-17(16)12-18)22-20-23-24-21(28-20)27-14-15-6-2-1-3-7-15/h1-3,6-7,10-12H,4-5,8-9,13-14H2,(H,22,23,25). The Morgan fingerprint density at radius 3 is 2.75 bits per heavy atom. The molecule has 0 spiro atoms. The third-order valence-corrected chi connectivity index (χ3v) is 6.59. The van der Waals surface area contributed by atoms with Crippen molar-refractivity contribution < 1.29 is 9.53 Å². The van der Waals surface area contributed by atoms with Crippen LogP contribution in [-0.4, -0.2) is 22.7 Å². The number of aromatic nitrogens is 2. The van der Waals surface area contributed by atoms with E-state index < -0.39 is 0 Å². The fourth-order valence-corrected chi connectivity index (χ4v) is 4.87. The molecule has 1 aliphatic rings. The first-order valence-electron chi connectivity index (χ1n) is 9.31. The molecule has 4 rings (SSSR count). The molecule has 0 aliphatic heterocycles. The van der Waals surface area contributed by atoms with Crippen molar-refractivity contribution in [2.45, 2.75) is 35.8 Å². The maximum absolute atomic E-state index is 12.2. The fourth-order valence-electron chi connectivity index (χ4n) is 3.14. The minimum atomic E-state index is -0.228. The number of carbonyl (C=O) groups excluding carboxylic acids is 1. The zero-order valence-electron chi connectivity index (χ0n) is 15.4. The number of aryl methyl sites for hydroxylation is 2. The number of hydrogen-bond acceptors (Lipinski definition) is 6. The van der Waals surface area contributed by atoms with Crippen LogP contribution >= 0.6 is 23.1 Å². The first-order chi connectivity index (χ1) is 13.8. The Bertz CT molecular complexity index is 944. The summed E-state index contributed by atoms with van der Waals surface area (Å²) in [5, 5.41) is 11.4. The molecule has 28 heavy (non-hydrogen) atoms. The van der Waals surface area contributed by atoms with Crippen molar-refractivity contribution in [1.82, 2.24) is 10.2 Å². The molecular weight excluding hydrogens is 390 g/mol. The Balaban J connectivity index is 1.25. The van der Waals surface area contributed by atoms with Crippen molar-refractivity contribution >= 4 is 34.1 Å². The van der Waals surface area contributed by atoms with E-state index in [9.17, 15) is 4.79 Å². The summed E-state index contributed by atoms with van der Waals surface area (Å²) in [6.45, 7) is -0.0368. The molecule has 3 aromatic rings. The van der Waals surface area contributed by atoms with Gasteiger partial charge in [0.05, 0.1) is 0 Å². The van der Waals surface area contributed by atoms with Crippen molar-refractivity contribution in [2.75, 3.05) is 11.9 Å². The number of benzene rings is 2. The summed E-state index contributed by atoms with van der Waals surface area (Å²) < 4.78 is 6.49. The van der Waals surface area contributed by atoms with E-state index in [0.717, 1.165) is 28.7 Å². The van der Waals surface area contributed by atoms with E-state index >= 15 is 0 Å². The van der Waals surface area contributed by atoms with Crippen LogP contribution in [0.25, 0.3) is 0 Å². The average Bonchev–Trinajstić information content (AvgIpc) is 3.18. The van der Waals surface area contributed by atoms with Gasteiger partial charge in [-0.3, -0.25) is 10.1 Å². The van der Waals surface area contributed by atoms with Gasteiger partial charge in [-0.25, -0.2) is 0 Å². The van der Waals surface area contributed by atoms with Gasteiger partial charge in [-0.15, -0.1) is 10.2 Å². The topological polar surface area (TPSA) is 64.1 Å². The first kappa shape index (κ1) is 19.0. The van der Waals surface area contributed by atoms with Crippen LogP contribution < -0.4 is 10.1 Å². The molecule has 0 atom stereocenters. The summed E-state index contributed by atoms with van der Waals surface area (Å²) in [7, 11) is 0. The van der Waals surface area contributed by atoms with Gasteiger partial charge in [0.1, 0.15) is 5.75 Å². The summed E-state index contributed by atoms with van der Waals surface area (Å²) >= 11 is 2.98. The van der Waals surface area contributed by atoms with Crippen molar-refractivity contribution in [3.63, 3.8) is 0 Å². The van der Waals surface area contributed by atoms with Gasteiger partial charge >= 0.3 is 0 Å². The van der Waals surface area contributed by atoms with Gasteiger partial charge in [0.25, 0.3) is 5.91 Å². The molecule has 0 saturated heterocycles. The third-order valence-electron chi connectivity index (χ3n) is 4.55. The minimum Gasteiger partial charge on any atom is -0.484 e. The van der Waals surface area contributed by atoms with Crippen LogP contribution in [0.3, 0.4) is 0 Å². The molecule has 0 unspecified atom stereocenters. The maximum Gasteiger partial charge on any atom is 0.264 e. The number of rotatable bonds is 7. The quantitative estimate of drug-likeness (QED) is 0.450. The first-order valence-corrected chi connectivity index (χ1v) is 11.1. The molecule has 0 bridgehead atoms. The number of fused-ring (bicyclic) bond motifs is 1. The summed E-state index contributed by atoms with van der Waals surface area (Å²) in [6.07, 6.45) is 4.70. The highest BCUT2D eigenvalue weighted by molar-refractivity contribution is 8.00. The Kier molecular flexibility index (Phi) is 6.24. The molecule has 1 heterocycles. The molecular formula is C21H21N3O2S2. The average molecular weight is 412 g/mol. The molecule has 2 aromatic carbocycles. The molecule has 0 fully saturated rings. The third kappa shape index (κ3) is 5.11. The summed E-state index contributed by atoms with van der Waals surface area (Å²) in [5.74, 6) is 1.34. The molecule has 1 aromatic heterocycles. The molecule has 7 heteroatoms. The van der Waals surface area contributed by atoms with Gasteiger partial charge < -0.3 is 4.74 Å². The molecule has 1 aliphatic carbocycles. The van der Waals surface area contributed by atoms with Crippen molar-refractivity contribution in [1.29, 1.82) is 0 Å². The fraction of sp³-hybridized carbons (Fsp3) is 0.286. The van der Waals surface area contributed by atoms with Crippen molar-refractivity contribution in [2.24, 2.45) is 0 Å². The van der Waals surface area contributed by atoms with Crippen LogP contribution in [0.2, 0.25) is 0 Å². The molecule has 5 nitrogen and oxygen atoms in total. The zero-order chi connectivity index (χ0) is 19.2. The lowest BCUT2D eigenvalue weighted by Gasteiger charge is -2.16. The number of ether oxygens (including phenoxy) is 1. The lowest BCUT2D eigenvalue weighted by molar-refractivity contribution is -0.118. The van der Waals surface area contributed by atoms with E-state index in [-0.39, 0.29) is 12.5 Å². The summed E-state index contributed by atoms with van der Waals surface area (Å²) in [5.41, 5.74) is 3.97. The van der Waals surface area contributed by atoms with E-state index in [2.05, 4.69) is 39.8 Å². The second-order valence-corrected chi connectivity index (χ2v) is 8.82. The lowest BCUT2D eigenvalue weighted by atomic mass is 9.92. The molecule has 1 amide bonds. The normalized spacial score (nSPS) is 13.0. The molecule has 144 valence electrons. The SMILES string of the molecule is O=C(COc1ccc2c(c1)CCCC2)Nc1nnc(SCc2ccccc2)s1. The van der Waals surface area contributed by atoms with Gasteiger partial charge in [-0.1, -0.05) is 59.5 Å². The molecule has 0 saturated carbocycles. The maximum atomic E-state index is 12.2. The number of anilines is 1. The van der Waals surface area contributed by atoms with E-state index in [1.165, 1.54) is 40.9 Å². The summed E-state index contributed by atoms with van der Waals surface area (Å²) in [6, 6.07) is 16.3. The van der Waals surface area contributed by atoms with E-state index in [4.69, 9.17) is 4.74 Å².